The molecule has 132 valence electrons. The molecule has 0 atom stereocenters. The van der Waals surface area contributed by atoms with Gasteiger partial charge in [0.1, 0.15) is 5.57 Å². The molecule has 3 rings (SSSR count). The first-order chi connectivity index (χ1) is 12.4. The SMILES string of the molecule is CC(C)c1ccc(/C=C2\C(=O)NC(=S)N(c3cccc(Cl)c3)C2=O)cc1. The zero-order valence-corrected chi connectivity index (χ0v) is 15.9. The molecular weight excluding hydrogens is 368 g/mol. The molecule has 26 heavy (non-hydrogen) atoms. The van der Waals surface area contributed by atoms with E-state index in [1.54, 1.807) is 30.3 Å². The monoisotopic (exact) mass is 384 g/mol. The van der Waals surface area contributed by atoms with E-state index >= 15 is 0 Å². The fourth-order valence-electron chi connectivity index (χ4n) is 2.65. The van der Waals surface area contributed by atoms with Gasteiger partial charge in [-0.15, -0.1) is 0 Å². The first-order valence-electron chi connectivity index (χ1n) is 8.14. The van der Waals surface area contributed by atoms with Crippen molar-refractivity contribution in [3.8, 4) is 0 Å². The van der Waals surface area contributed by atoms with E-state index in [0.717, 1.165) is 5.56 Å². The van der Waals surface area contributed by atoms with E-state index < -0.39 is 11.8 Å². The van der Waals surface area contributed by atoms with Crippen molar-refractivity contribution in [2.45, 2.75) is 19.8 Å². The molecule has 2 aromatic carbocycles. The summed E-state index contributed by atoms with van der Waals surface area (Å²) in [6, 6.07) is 14.5. The Kier molecular flexibility index (Phi) is 5.20. The zero-order valence-electron chi connectivity index (χ0n) is 14.3. The molecular formula is C20H17ClN2O2S. The smallest absolute Gasteiger partial charge is 0.270 e. The topological polar surface area (TPSA) is 49.4 Å². The van der Waals surface area contributed by atoms with E-state index in [-0.39, 0.29) is 10.7 Å². The van der Waals surface area contributed by atoms with E-state index in [1.807, 2.05) is 24.3 Å². The summed E-state index contributed by atoms with van der Waals surface area (Å²) in [6.45, 7) is 4.21. The number of carbonyl (C=O) groups is 2. The Morgan fingerprint density at radius 1 is 1.12 bits per heavy atom. The number of benzene rings is 2. The standard InChI is InChI=1S/C20H17ClN2O2S/c1-12(2)14-8-6-13(7-9-14)10-17-18(24)22-20(26)23(19(17)25)16-5-3-4-15(21)11-16/h3-12H,1-2H3,(H,22,24,26)/b17-10+. The molecule has 0 unspecified atom stereocenters. The van der Waals surface area contributed by atoms with Crippen LogP contribution in [0.3, 0.4) is 0 Å². The third kappa shape index (κ3) is 3.69. The predicted octanol–water partition coefficient (Wildman–Crippen LogP) is 4.29. The van der Waals surface area contributed by atoms with Crippen LogP contribution in [0.2, 0.25) is 5.02 Å². The first-order valence-corrected chi connectivity index (χ1v) is 8.92. The molecule has 1 aliphatic rings. The van der Waals surface area contributed by atoms with Gasteiger partial charge in [0, 0.05) is 5.02 Å². The van der Waals surface area contributed by atoms with Gasteiger partial charge in [0.25, 0.3) is 11.8 Å². The van der Waals surface area contributed by atoms with Gasteiger partial charge in [-0.05, 0) is 53.5 Å². The summed E-state index contributed by atoms with van der Waals surface area (Å²) in [6.07, 6.45) is 1.57. The van der Waals surface area contributed by atoms with Crippen LogP contribution in [-0.4, -0.2) is 16.9 Å². The molecule has 0 radical (unpaired) electrons. The molecule has 2 amide bonds. The third-order valence-corrected chi connectivity index (χ3v) is 4.60. The van der Waals surface area contributed by atoms with Gasteiger partial charge in [0.05, 0.1) is 5.69 Å². The second-order valence-electron chi connectivity index (χ2n) is 6.26. The van der Waals surface area contributed by atoms with Crippen LogP contribution in [0, 0.1) is 0 Å². The number of nitrogens with zero attached hydrogens (tertiary/aromatic N) is 1. The second-order valence-corrected chi connectivity index (χ2v) is 7.08. The first kappa shape index (κ1) is 18.3. The molecule has 0 saturated carbocycles. The molecule has 6 heteroatoms. The lowest BCUT2D eigenvalue weighted by Gasteiger charge is -2.29. The van der Waals surface area contributed by atoms with Crippen molar-refractivity contribution in [2.24, 2.45) is 0 Å². The highest BCUT2D eigenvalue weighted by atomic mass is 35.5. The quantitative estimate of drug-likeness (QED) is 0.487. The largest absolute Gasteiger partial charge is 0.298 e. The molecule has 4 nitrogen and oxygen atoms in total. The molecule has 0 bridgehead atoms. The van der Waals surface area contributed by atoms with E-state index in [1.165, 1.54) is 10.5 Å². The number of hydrogen-bond donors (Lipinski definition) is 1. The molecule has 1 aliphatic heterocycles. The number of anilines is 1. The van der Waals surface area contributed by atoms with Crippen molar-refractivity contribution in [3.05, 3.63) is 70.3 Å². The van der Waals surface area contributed by atoms with Crippen LogP contribution < -0.4 is 10.2 Å². The van der Waals surface area contributed by atoms with Gasteiger partial charge in [-0.25, -0.2) is 0 Å². The van der Waals surface area contributed by atoms with Gasteiger partial charge in [-0.1, -0.05) is 55.8 Å². The average molecular weight is 385 g/mol. The molecule has 2 aromatic rings. The van der Waals surface area contributed by atoms with Crippen LogP contribution >= 0.6 is 23.8 Å². The van der Waals surface area contributed by atoms with Gasteiger partial charge < -0.3 is 0 Å². The van der Waals surface area contributed by atoms with Crippen molar-refractivity contribution in [2.75, 3.05) is 4.90 Å². The molecule has 1 saturated heterocycles. The summed E-state index contributed by atoms with van der Waals surface area (Å²) in [5, 5.41) is 3.08. The highest BCUT2D eigenvalue weighted by molar-refractivity contribution is 7.80. The summed E-state index contributed by atoms with van der Waals surface area (Å²) in [5.74, 6) is -0.577. The van der Waals surface area contributed by atoms with E-state index in [9.17, 15) is 9.59 Å². The summed E-state index contributed by atoms with van der Waals surface area (Å²) in [5.41, 5.74) is 2.49. The second kappa shape index (κ2) is 7.40. The molecule has 1 N–H and O–H groups in total. The highest BCUT2D eigenvalue weighted by Gasteiger charge is 2.34. The summed E-state index contributed by atoms with van der Waals surface area (Å²) in [4.78, 5) is 26.5. The maximum atomic E-state index is 12.9. The Hall–Kier alpha value is -2.50. The number of nitrogens with one attached hydrogen (secondary N) is 1. The summed E-state index contributed by atoms with van der Waals surface area (Å²) >= 11 is 11.2. The number of rotatable bonds is 3. The lowest BCUT2D eigenvalue weighted by Crippen LogP contribution is -2.54. The van der Waals surface area contributed by atoms with E-state index in [4.69, 9.17) is 23.8 Å². The maximum Gasteiger partial charge on any atom is 0.270 e. The molecule has 0 spiro atoms. The van der Waals surface area contributed by atoms with Crippen LogP contribution in [0.25, 0.3) is 6.08 Å². The number of amides is 2. The van der Waals surface area contributed by atoms with Crippen molar-refractivity contribution >= 4 is 52.5 Å². The Labute approximate surface area is 162 Å². The zero-order chi connectivity index (χ0) is 18.8. The van der Waals surface area contributed by atoms with Gasteiger partial charge in [-0.2, -0.15) is 0 Å². The highest BCUT2D eigenvalue weighted by Crippen LogP contribution is 2.25. The Balaban J connectivity index is 1.97. The van der Waals surface area contributed by atoms with Crippen LogP contribution in [0.15, 0.2) is 54.1 Å². The van der Waals surface area contributed by atoms with Gasteiger partial charge in [0.15, 0.2) is 5.11 Å². The fraction of sp³-hybridized carbons (Fsp3) is 0.150. The van der Waals surface area contributed by atoms with Crippen molar-refractivity contribution < 1.29 is 9.59 Å². The number of halogens is 1. The lowest BCUT2D eigenvalue weighted by atomic mass is 10.0. The minimum absolute atomic E-state index is 0.0240. The Bertz CT molecular complexity index is 920. The predicted molar refractivity (Wildman–Crippen MR) is 108 cm³/mol. The third-order valence-electron chi connectivity index (χ3n) is 4.08. The Morgan fingerprint density at radius 2 is 1.81 bits per heavy atom. The van der Waals surface area contributed by atoms with E-state index in [0.29, 0.717) is 16.6 Å². The van der Waals surface area contributed by atoms with Crippen LogP contribution in [0.1, 0.15) is 30.9 Å². The normalized spacial score (nSPS) is 16.4. The number of hydrogen-bond acceptors (Lipinski definition) is 3. The van der Waals surface area contributed by atoms with Gasteiger partial charge in [-0.3, -0.25) is 19.8 Å². The Morgan fingerprint density at radius 3 is 2.42 bits per heavy atom. The minimum Gasteiger partial charge on any atom is -0.298 e. The van der Waals surface area contributed by atoms with Crippen molar-refractivity contribution in [1.29, 1.82) is 0 Å². The minimum atomic E-state index is -0.508. The van der Waals surface area contributed by atoms with E-state index in [2.05, 4.69) is 19.2 Å². The number of thiocarbonyl (C=S) groups is 1. The van der Waals surface area contributed by atoms with Gasteiger partial charge in [0.2, 0.25) is 0 Å². The van der Waals surface area contributed by atoms with Crippen molar-refractivity contribution in [3.63, 3.8) is 0 Å². The summed E-state index contributed by atoms with van der Waals surface area (Å²) < 4.78 is 0. The lowest BCUT2D eigenvalue weighted by molar-refractivity contribution is -0.122. The number of carbonyl (C=O) groups excluding carboxylic acids is 2. The molecule has 0 aromatic heterocycles. The van der Waals surface area contributed by atoms with Crippen LogP contribution in [0.4, 0.5) is 5.69 Å². The van der Waals surface area contributed by atoms with Crippen LogP contribution in [0.5, 0.6) is 0 Å². The van der Waals surface area contributed by atoms with Crippen LogP contribution in [-0.2, 0) is 9.59 Å². The fourth-order valence-corrected chi connectivity index (χ4v) is 3.12. The maximum absolute atomic E-state index is 12.9. The molecule has 0 aliphatic carbocycles. The molecule has 1 fully saturated rings. The van der Waals surface area contributed by atoms with Crippen molar-refractivity contribution in [1.82, 2.24) is 5.32 Å². The average Bonchev–Trinajstić information content (AvgIpc) is 2.59. The molecule has 1 heterocycles. The summed E-state index contributed by atoms with van der Waals surface area (Å²) in [7, 11) is 0. The van der Waals surface area contributed by atoms with Gasteiger partial charge >= 0.3 is 0 Å².